The summed E-state index contributed by atoms with van der Waals surface area (Å²) in [4.78, 5) is 7.22. The van der Waals surface area contributed by atoms with Crippen LogP contribution < -0.4 is 14.7 Å². The van der Waals surface area contributed by atoms with Crippen molar-refractivity contribution in [3.8, 4) is 44.5 Å². The highest BCUT2D eigenvalue weighted by Crippen LogP contribution is 2.54. The second kappa shape index (κ2) is 29.8. The number of hydrogen-bond acceptors (Lipinski definition) is 3. The Kier molecular flexibility index (Phi) is 18.3. The zero-order valence-electron chi connectivity index (χ0n) is 58.0. The Morgan fingerprint density at radius 2 is 0.419 bits per heavy atom. The van der Waals surface area contributed by atoms with Crippen LogP contribution in [0.25, 0.3) is 113 Å². The van der Waals surface area contributed by atoms with Crippen LogP contribution in [0.5, 0.6) is 0 Å². The van der Waals surface area contributed by atoms with Gasteiger partial charge in [0.15, 0.2) is 0 Å². The van der Waals surface area contributed by atoms with Gasteiger partial charge in [-0.3, -0.25) is 0 Å². The molecule has 0 aromatic heterocycles. The quantitative estimate of drug-likeness (QED) is 0.0747. The van der Waals surface area contributed by atoms with Crippen LogP contribution in [0, 0.1) is 0 Å². The lowest BCUT2D eigenvalue weighted by atomic mass is 9.78. The molecule has 17 aromatic carbocycles. The van der Waals surface area contributed by atoms with Crippen molar-refractivity contribution < 1.29 is 0 Å². The molecular weight excluding hydrogens is 1270 g/mol. The van der Waals surface area contributed by atoms with Gasteiger partial charge in [-0.1, -0.05) is 346 Å². The minimum atomic E-state index is 1.04. The van der Waals surface area contributed by atoms with Crippen LogP contribution >= 0.6 is 0 Å². The summed E-state index contributed by atoms with van der Waals surface area (Å²) >= 11 is 0. The molecule has 0 aliphatic carbocycles. The molecule has 0 saturated heterocycles. The lowest BCUT2D eigenvalue weighted by Gasteiger charge is -2.29. The Morgan fingerprint density at radius 3 is 0.800 bits per heavy atom. The Bertz CT molecular complexity index is 5930. The summed E-state index contributed by atoms with van der Waals surface area (Å²) in [5.74, 6) is 0. The largest absolute Gasteiger partial charge is 0.310 e. The molecule has 0 spiro atoms. The maximum Gasteiger partial charge on any atom is 0.0540 e. The highest BCUT2D eigenvalue weighted by atomic mass is 15.2. The fraction of sp³-hybridized carbons (Fsp3) is 0. The molecule has 0 N–H and O–H groups in total. The fourth-order valence-electron chi connectivity index (χ4n) is 14.7. The van der Waals surface area contributed by atoms with Crippen molar-refractivity contribution >= 4 is 120 Å². The SMILES string of the molecule is C(=C\c1ccc(N(c2ccccc2)c2ccc3c(-c4ccccc4)c(-c4ccc(N(c5ccc(/C=C/c6ccccc6)cc5)c5cccc6ccccc56)cc4)c(-c4ccc(N(c5ccc(/C=C/c6ccccc6)cc5)c5cccc6ccccc56)cc4)c(-c4ccccc4)c3c2)cc1)/c1ccccc1. The van der Waals surface area contributed by atoms with Crippen molar-refractivity contribution in [2.45, 2.75) is 0 Å². The topological polar surface area (TPSA) is 9.72 Å². The molecule has 496 valence electrons. The first-order chi connectivity index (χ1) is 52.1. The van der Waals surface area contributed by atoms with Gasteiger partial charge in [-0.2, -0.15) is 0 Å². The smallest absolute Gasteiger partial charge is 0.0540 e. The molecule has 3 nitrogen and oxygen atoms in total. The zero-order chi connectivity index (χ0) is 70.1. The van der Waals surface area contributed by atoms with Crippen LogP contribution in [-0.2, 0) is 0 Å². The average Bonchev–Trinajstić information content (AvgIpc) is 0.717. The number of anilines is 9. The molecule has 0 atom stereocenters. The van der Waals surface area contributed by atoms with Crippen molar-refractivity contribution in [2.24, 2.45) is 0 Å². The van der Waals surface area contributed by atoms with E-state index in [1.807, 2.05) is 0 Å². The second-order valence-corrected chi connectivity index (χ2v) is 26.4. The molecule has 3 heteroatoms. The highest BCUT2D eigenvalue weighted by molar-refractivity contribution is 6.19. The van der Waals surface area contributed by atoms with Gasteiger partial charge in [-0.15, -0.1) is 0 Å². The van der Waals surface area contributed by atoms with E-state index >= 15 is 0 Å². The van der Waals surface area contributed by atoms with Crippen molar-refractivity contribution in [3.63, 3.8) is 0 Å². The first-order valence-corrected chi connectivity index (χ1v) is 35.9. The van der Waals surface area contributed by atoms with E-state index in [0.29, 0.717) is 0 Å². The Morgan fingerprint density at radius 1 is 0.152 bits per heavy atom. The van der Waals surface area contributed by atoms with Gasteiger partial charge in [0.05, 0.1) is 11.4 Å². The second-order valence-electron chi connectivity index (χ2n) is 26.4. The van der Waals surface area contributed by atoms with E-state index in [2.05, 4.69) is 458 Å². The van der Waals surface area contributed by atoms with Gasteiger partial charge in [0.25, 0.3) is 0 Å². The number of rotatable bonds is 19. The first kappa shape index (κ1) is 64.5. The molecule has 0 fully saturated rings. The first-order valence-electron chi connectivity index (χ1n) is 35.9. The van der Waals surface area contributed by atoms with Gasteiger partial charge in [0.2, 0.25) is 0 Å². The van der Waals surface area contributed by atoms with Gasteiger partial charge in [0.1, 0.15) is 0 Å². The van der Waals surface area contributed by atoms with Gasteiger partial charge in [-0.05, 0) is 196 Å². The van der Waals surface area contributed by atoms with Gasteiger partial charge in [-0.25, -0.2) is 0 Å². The van der Waals surface area contributed by atoms with E-state index < -0.39 is 0 Å². The van der Waals surface area contributed by atoms with Crippen LogP contribution in [0.15, 0.2) is 406 Å². The van der Waals surface area contributed by atoms with Crippen LogP contribution in [-0.4, -0.2) is 0 Å². The molecule has 0 amide bonds. The van der Waals surface area contributed by atoms with Crippen LogP contribution in [0.2, 0.25) is 0 Å². The van der Waals surface area contributed by atoms with Gasteiger partial charge >= 0.3 is 0 Å². The van der Waals surface area contributed by atoms with Gasteiger partial charge < -0.3 is 14.7 Å². The normalized spacial score (nSPS) is 11.5. The van der Waals surface area contributed by atoms with Gasteiger partial charge in [0, 0.05) is 50.6 Å². The molecule has 0 bridgehead atoms. The predicted octanol–water partition coefficient (Wildman–Crippen LogP) is 28.7. The van der Waals surface area contributed by atoms with E-state index in [4.69, 9.17) is 0 Å². The van der Waals surface area contributed by atoms with E-state index in [-0.39, 0.29) is 0 Å². The summed E-state index contributed by atoms with van der Waals surface area (Å²) in [6, 6.07) is 148. The van der Waals surface area contributed by atoms with E-state index in [1.54, 1.807) is 0 Å². The number of nitrogens with zero attached hydrogens (tertiary/aromatic N) is 3. The summed E-state index contributed by atoms with van der Waals surface area (Å²) < 4.78 is 0. The average molecular weight is 1340 g/mol. The molecule has 0 saturated carbocycles. The molecule has 0 radical (unpaired) electrons. The summed E-state index contributed by atoms with van der Waals surface area (Å²) in [5.41, 5.74) is 25.3. The number of benzene rings is 17. The lowest BCUT2D eigenvalue weighted by Crippen LogP contribution is -2.11. The molecule has 0 aliphatic rings. The molecular formula is C102H73N3. The third-order valence-corrected chi connectivity index (χ3v) is 19.8. The number of fused-ring (bicyclic) bond motifs is 3. The minimum Gasteiger partial charge on any atom is -0.310 e. The predicted molar refractivity (Wildman–Crippen MR) is 451 cm³/mol. The summed E-state index contributed by atoms with van der Waals surface area (Å²) in [5, 5.41) is 6.96. The van der Waals surface area contributed by atoms with Crippen molar-refractivity contribution in [2.75, 3.05) is 14.7 Å². The van der Waals surface area contributed by atoms with Crippen molar-refractivity contribution in [3.05, 3.63) is 440 Å². The molecule has 105 heavy (non-hydrogen) atoms. The maximum atomic E-state index is 2.44. The molecule has 0 unspecified atom stereocenters. The van der Waals surface area contributed by atoms with E-state index in [9.17, 15) is 0 Å². The van der Waals surface area contributed by atoms with Crippen LogP contribution in [0.4, 0.5) is 51.2 Å². The third-order valence-electron chi connectivity index (χ3n) is 19.8. The van der Waals surface area contributed by atoms with Crippen molar-refractivity contribution in [1.29, 1.82) is 0 Å². The van der Waals surface area contributed by atoms with Crippen LogP contribution in [0.3, 0.4) is 0 Å². The molecule has 17 aromatic rings. The Labute approximate surface area is 615 Å². The summed E-state index contributed by atoms with van der Waals surface area (Å²) in [6.07, 6.45) is 13.1. The van der Waals surface area contributed by atoms with E-state index in [1.165, 1.54) is 21.5 Å². The lowest BCUT2D eigenvalue weighted by molar-refractivity contribution is 1.29. The van der Waals surface area contributed by atoms with E-state index in [0.717, 1.165) is 140 Å². The molecule has 0 aliphatic heterocycles. The number of hydrogen-bond donors (Lipinski definition) is 0. The Balaban J connectivity index is 0.884. The number of para-hydroxylation sites is 1. The molecule has 17 rings (SSSR count). The summed E-state index contributed by atoms with van der Waals surface area (Å²) in [7, 11) is 0. The Hall–Kier alpha value is -13.9. The monoisotopic (exact) mass is 1340 g/mol. The highest BCUT2D eigenvalue weighted by Gasteiger charge is 2.27. The third kappa shape index (κ3) is 13.7. The standard InChI is InChI=1S/C102H73N3/c1-7-25-74(26-8-1)45-48-77-51-61-87(62-52-77)103(86-39-17-6-18-40-86)92-71-72-95-96(73-92)100(83-35-15-5-16-36-83)102(85-59-69-91(70-60-85)105(98-44-24-38-81-32-20-22-42-94(81)98)89-65-55-79(56-66-89)50-47-76-29-11-3-12-30-76)101(99(95)82-33-13-4-14-34-82)84-57-67-90(68-58-84)104(97-43-23-37-80-31-19-21-41-93(80)97)88-63-53-78(54-64-88)49-46-75-27-9-2-10-28-75/h1-73H/b48-45+,49-46+,50-47+. The maximum absolute atomic E-state index is 2.44. The van der Waals surface area contributed by atoms with Crippen LogP contribution in [0.1, 0.15) is 33.4 Å². The summed E-state index contributed by atoms with van der Waals surface area (Å²) in [6.45, 7) is 0. The zero-order valence-corrected chi connectivity index (χ0v) is 58.0. The van der Waals surface area contributed by atoms with Crippen molar-refractivity contribution in [1.82, 2.24) is 0 Å². The molecule has 0 heterocycles. The minimum absolute atomic E-state index is 1.04. The fourth-order valence-corrected chi connectivity index (χ4v) is 14.7.